The first kappa shape index (κ1) is 15.2. The molecule has 0 aliphatic heterocycles. The van der Waals surface area contributed by atoms with Crippen LogP contribution in [0.3, 0.4) is 0 Å². The lowest BCUT2D eigenvalue weighted by Gasteiger charge is -2.01. The van der Waals surface area contributed by atoms with Crippen LogP contribution in [-0.2, 0) is 0 Å². The van der Waals surface area contributed by atoms with E-state index in [1.807, 2.05) is 0 Å². The van der Waals surface area contributed by atoms with Crippen LogP contribution in [0.5, 0.6) is 0 Å². The average molecular weight is 274 g/mol. The Kier molecular flexibility index (Phi) is 15.5. The van der Waals surface area contributed by atoms with Gasteiger partial charge >= 0.3 is 18.2 Å². The smallest absolute Gasteiger partial charge is 0.307 e. The molecule has 2 heteroatoms. The molecule has 0 saturated heterocycles. The van der Waals surface area contributed by atoms with E-state index in [1.165, 1.54) is 68.8 Å². The highest BCUT2D eigenvalue weighted by atomic mass is 79.9. The van der Waals surface area contributed by atoms with Gasteiger partial charge in [0.25, 0.3) is 0 Å². The zero-order chi connectivity index (χ0) is 10.5. The van der Waals surface area contributed by atoms with Crippen molar-refractivity contribution < 1.29 is 0 Å². The summed E-state index contributed by atoms with van der Waals surface area (Å²) >= 11 is 3.78. The molecule has 82 valence electrons. The summed E-state index contributed by atoms with van der Waals surface area (Å²) in [5.41, 5.74) is 0. The molecular weight excluding hydrogens is 248 g/mol. The monoisotopic (exact) mass is 272 g/mol. The number of rotatable bonds is 11. The third-order valence-corrected chi connectivity index (χ3v) is 5.19. The first-order valence-electron chi connectivity index (χ1n) is 6.47. The summed E-state index contributed by atoms with van der Waals surface area (Å²) in [5, 5.41) is 0. The third kappa shape index (κ3) is 13.2. The Morgan fingerprint density at radius 3 is 1.57 bits per heavy atom. The van der Waals surface area contributed by atoms with Crippen molar-refractivity contribution >= 4 is 31.1 Å². The lowest BCUT2D eigenvalue weighted by Crippen LogP contribution is -1.82. The highest BCUT2D eigenvalue weighted by Gasteiger charge is 1.93. The SMILES string of the molecule is CCCCCCCCCCC[CH2][Mg][Br]. The Morgan fingerprint density at radius 2 is 1.14 bits per heavy atom. The minimum absolute atomic E-state index is 0.173. The molecule has 0 fully saturated rings. The van der Waals surface area contributed by atoms with Gasteiger partial charge in [-0.2, -0.15) is 0 Å². The van der Waals surface area contributed by atoms with Gasteiger partial charge in [0.05, 0.1) is 0 Å². The minimum atomic E-state index is 0.173. The summed E-state index contributed by atoms with van der Waals surface area (Å²) in [6.07, 6.45) is 14.6. The van der Waals surface area contributed by atoms with Gasteiger partial charge in [-0.15, -0.1) is 4.55 Å². The van der Waals surface area contributed by atoms with Crippen molar-refractivity contribution in [3.8, 4) is 0 Å². The van der Waals surface area contributed by atoms with E-state index in [-0.39, 0.29) is 18.2 Å². The fourth-order valence-electron chi connectivity index (χ4n) is 1.76. The molecule has 0 radical (unpaired) electrons. The fraction of sp³-hybridized carbons (Fsp3) is 1.00. The van der Waals surface area contributed by atoms with Crippen LogP contribution in [-0.4, -0.2) is 18.2 Å². The summed E-state index contributed by atoms with van der Waals surface area (Å²) < 4.78 is 1.50. The third-order valence-electron chi connectivity index (χ3n) is 2.74. The van der Waals surface area contributed by atoms with Crippen LogP contribution in [0.4, 0.5) is 0 Å². The first-order chi connectivity index (χ1) is 6.91. The van der Waals surface area contributed by atoms with Gasteiger partial charge < -0.3 is 12.9 Å². The van der Waals surface area contributed by atoms with Crippen LogP contribution < -0.4 is 0 Å². The van der Waals surface area contributed by atoms with Gasteiger partial charge in [-0.05, 0) is 0 Å². The molecule has 0 aliphatic carbocycles. The van der Waals surface area contributed by atoms with E-state index >= 15 is 0 Å². The van der Waals surface area contributed by atoms with Crippen LogP contribution in [0.2, 0.25) is 4.55 Å². The summed E-state index contributed by atoms with van der Waals surface area (Å²) in [7, 11) is 0. The number of hydrogen-bond acceptors (Lipinski definition) is 0. The van der Waals surface area contributed by atoms with Crippen molar-refractivity contribution in [1.29, 1.82) is 0 Å². The predicted molar refractivity (Wildman–Crippen MR) is 71.3 cm³/mol. The summed E-state index contributed by atoms with van der Waals surface area (Å²) in [4.78, 5) is 0. The van der Waals surface area contributed by atoms with Crippen LogP contribution in [0.15, 0.2) is 0 Å². The zero-order valence-corrected chi connectivity index (χ0v) is 12.9. The predicted octanol–water partition coefficient (Wildman–Crippen LogP) is 5.34. The Morgan fingerprint density at radius 1 is 0.714 bits per heavy atom. The maximum Gasteiger partial charge on any atom is 0.468 e. The van der Waals surface area contributed by atoms with Gasteiger partial charge in [0.15, 0.2) is 0 Å². The number of hydrogen-bond donors (Lipinski definition) is 0. The largest absolute Gasteiger partial charge is 0.468 e. The van der Waals surface area contributed by atoms with Gasteiger partial charge in [0.2, 0.25) is 0 Å². The van der Waals surface area contributed by atoms with E-state index in [0.717, 1.165) is 0 Å². The van der Waals surface area contributed by atoms with Crippen LogP contribution in [0, 0.1) is 0 Å². The minimum Gasteiger partial charge on any atom is -0.307 e. The topological polar surface area (TPSA) is 0 Å². The number of unbranched alkanes of at least 4 members (excludes halogenated alkanes) is 9. The van der Waals surface area contributed by atoms with E-state index in [2.05, 4.69) is 19.8 Å². The molecule has 14 heavy (non-hydrogen) atoms. The quantitative estimate of drug-likeness (QED) is 0.352. The average Bonchev–Trinajstić information content (AvgIpc) is 2.21. The van der Waals surface area contributed by atoms with Gasteiger partial charge in [-0.3, -0.25) is 0 Å². The molecule has 0 N–H and O–H groups in total. The van der Waals surface area contributed by atoms with E-state index in [1.54, 1.807) is 0 Å². The van der Waals surface area contributed by atoms with Crippen molar-refractivity contribution in [2.45, 2.75) is 75.7 Å². The molecule has 0 nitrogen and oxygen atoms in total. The van der Waals surface area contributed by atoms with E-state index in [0.29, 0.717) is 0 Å². The molecule has 0 aromatic rings. The van der Waals surface area contributed by atoms with E-state index in [4.69, 9.17) is 0 Å². The first-order valence-corrected chi connectivity index (χ1v) is 11.4. The van der Waals surface area contributed by atoms with Crippen molar-refractivity contribution in [1.82, 2.24) is 0 Å². The van der Waals surface area contributed by atoms with Crippen molar-refractivity contribution in [3.63, 3.8) is 0 Å². The van der Waals surface area contributed by atoms with E-state index < -0.39 is 0 Å². The molecule has 0 atom stereocenters. The lowest BCUT2D eigenvalue weighted by molar-refractivity contribution is 0.562. The molecule has 0 saturated carbocycles. The molecule has 0 aromatic carbocycles. The van der Waals surface area contributed by atoms with E-state index in [9.17, 15) is 0 Å². The van der Waals surface area contributed by atoms with Gasteiger partial charge in [0, 0.05) is 0 Å². The molecule has 0 aromatic heterocycles. The van der Waals surface area contributed by atoms with Crippen LogP contribution in [0.1, 0.15) is 71.1 Å². The fourth-order valence-corrected chi connectivity index (χ4v) is 3.49. The Bertz CT molecular complexity index is 84.3. The summed E-state index contributed by atoms with van der Waals surface area (Å²) in [6, 6.07) is 0. The second-order valence-corrected chi connectivity index (χ2v) is 7.69. The Labute approximate surface area is 106 Å². The van der Waals surface area contributed by atoms with Crippen LogP contribution >= 0.6 is 12.9 Å². The van der Waals surface area contributed by atoms with Gasteiger partial charge in [-0.25, -0.2) is 0 Å². The standard InChI is InChI=1S/C12H25.BrH.Mg/c1-3-5-7-9-11-12-10-8-6-4-2;;/h1,3-12H2,2H3;1H;/q;;+1/p-1. The molecule has 0 amide bonds. The van der Waals surface area contributed by atoms with Crippen molar-refractivity contribution in [2.24, 2.45) is 0 Å². The Hall–Kier alpha value is 1.25. The van der Waals surface area contributed by atoms with Crippen molar-refractivity contribution in [2.75, 3.05) is 0 Å². The Balaban J connectivity index is 2.78. The van der Waals surface area contributed by atoms with Crippen LogP contribution in [0.25, 0.3) is 0 Å². The maximum atomic E-state index is 3.61. The highest BCUT2D eigenvalue weighted by Crippen LogP contribution is 2.11. The summed E-state index contributed by atoms with van der Waals surface area (Å²) in [6.45, 7) is 2.28. The molecule has 0 bridgehead atoms. The maximum absolute atomic E-state index is 3.61. The highest BCUT2D eigenvalue weighted by molar-refractivity contribution is 9.23. The van der Waals surface area contributed by atoms with Crippen molar-refractivity contribution in [3.05, 3.63) is 0 Å². The van der Waals surface area contributed by atoms with Gasteiger partial charge in [0.1, 0.15) is 0 Å². The second kappa shape index (κ2) is 14.2. The number of halogens is 1. The molecule has 0 heterocycles. The molecule has 0 aliphatic rings. The summed E-state index contributed by atoms with van der Waals surface area (Å²) in [5.74, 6) is 0. The zero-order valence-electron chi connectivity index (χ0n) is 9.86. The molecular formula is C12H25BrMg. The lowest BCUT2D eigenvalue weighted by atomic mass is 10.1. The molecule has 0 rings (SSSR count). The molecule has 0 spiro atoms. The second-order valence-electron chi connectivity index (χ2n) is 4.22. The normalized spacial score (nSPS) is 10.1. The molecule has 0 unspecified atom stereocenters. The van der Waals surface area contributed by atoms with Gasteiger partial charge in [-0.1, -0.05) is 71.1 Å².